The molecule has 0 aromatic carbocycles. The van der Waals surface area contributed by atoms with E-state index in [1.807, 2.05) is 0 Å². The summed E-state index contributed by atoms with van der Waals surface area (Å²) in [4.78, 5) is 0. The lowest BCUT2D eigenvalue weighted by atomic mass is 9.72. The molecule has 15 nitrogen and oxygen atoms in total. The third kappa shape index (κ3) is 6.52. The molecular weight excluding hydrogens is 564 g/mol. The topological polar surface area (TPSA) is 252 Å². The first-order valence-corrected chi connectivity index (χ1v) is 14.9. The number of hydrogen-bond donors (Lipinski definition) is 10. The summed E-state index contributed by atoms with van der Waals surface area (Å²) in [5.41, 5.74) is 0. The van der Waals surface area contributed by atoms with Crippen molar-refractivity contribution in [1.82, 2.24) is 0 Å². The third-order valence-electron chi connectivity index (χ3n) is 9.82. The molecule has 3 aliphatic heterocycles. The van der Waals surface area contributed by atoms with Gasteiger partial charge in [0.1, 0.15) is 48.8 Å². The van der Waals surface area contributed by atoms with Gasteiger partial charge in [-0.25, -0.2) is 0 Å². The van der Waals surface area contributed by atoms with Gasteiger partial charge in [-0.3, -0.25) is 0 Å². The Morgan fingerprint density at radius 2 is 1.31 bits per heavy atom. The van der Waals surface area contributed by atoms with Crippen molar-refractivity contribution in [3.05, 3.63) is 0 Å². The van der Waals surface area contributed by atoms with E-state index in [1.54, 1.807) is 6.92 Å². The Kier molecular flexibility index (Phi) is 10.5. The first kappa shape index (κ1) is 32.8. The number of ether oxygens (including phenoxy) is 5. The molecule has 244 valence electrons. The van der Waals surface area contributed by atoms with Crippen molar-refractivity contribution in [3.63, 3.8) is 0 Å². The van der Waals surface area contributed by atoms with Gasteiger partial charge >= 0.3 is 0 Å². The Morgan fingerprint density at radius 3 is 1.98 bits per heavy atom. The second-order valence-electron chi connectivity index (χ2n) is 12.7. The van der Waals surface area contributed by atoms with Crippen LogP contribution in [0, 0.1) is 11.8 Å². The predicted molar refractivity (Wildman–Crippen MR) is 138 cm³/mol. The Labute approximate surface area is 243 Å². The molecule has 0 aromatic rings. The SMILES string of the molecule is CC1OC(OC2CC3C(OC4OC(CO)C(O)C(O)C4O)CC(O)CC3[OH+]C2C2CCC(O)C(O)C2)C(O)C(O)C1O. The van der Waals surface area contributed by atoms with Crippen LogP contribution in [0.5, 0.6) is 0 Å². The van der Waals surface area contributed by atoms with E-state index in [9.17, 15) is 51.1 Å². The largest absolute Gasteiger partial charge is 0.427 e. The molecule has 0 amide bonds. The van der Waals surface area contributed by atoms with Crippen LogP contribution in [-0.2, 0) is 18.9 Å². The van der Waals surface area contributed by atoms with Gasteiger partial charge in [-0.1, -0.05) is 0 Å². The van der Waals surface area contributed by atoms with E-state index in [-0.39, 0.29) is 25.2 Å². The Morgan fingerprint density at radius 1 is 0.667 bits per heavy atom. The highest BCUT2D eigenvalue weighted by Crippen LogP contribution is 2.43. The van der Waals surface area contributed by atoms with Gasteiger partial charge in [0.25, 0.3) is 0 Å². The van der Waals surface area contributed by atoms with Crippen molar-refractivity contribution in [2.45, 2.75) is 150 Å². The Hall–Kier alpha value is -0.600. The van der Waals surface area contributed by atoms with Gasteiger partial charge in [0.15, 0.2) is 24.8 Å². The number of hydrogen-bond acceptors (Lipinski definition) is 14. The molecule has 0 aromatic heterocycles. The number of rotatable bonds is 6. The minimum Gasteiger partial charge on any atom is -0.427 e. The van der Waals surface area contributed by atoms with E-state index in [0.29, 0.717) is 19.3 Å². The molecule has 2 aliphatic carbocycles. The zero-order chi connectivity index (χ0) is 30.5. The van der Waals surface area contributed by atoms with Crippen molar-refractivity contribution in [3.8, 4) is 0 Å². The van der Waals surface area contributed by atoms with Crippen LogP contribution in [0.25, 0.3) is 0 Å². The highest BCUT2D eigenvalue weighted by molar-refractivity contribution is 4.99. The van der Waals surface area contributed by atoms with Crippen LogP contribution >= 0.6 is 0 Å². The van der Waals surface area contributed by atoms with E-state index in [0.717, 1.165) is 0 Å². The van der Waals surface area contributed by atoms with E-state index in [1.165, 1.54) is 0 Å². The Balaban J connectivity index is 1.37. The van der Waals surface area contributed by atoms with Gasteiger partial charge in [0.2, 0.25) is 0 Å². The van der Waals surface area contributed by atoms with Crippen LogP contribution in [0.2, 0.25) is 0 Å². The fourth-order valence-corrected chi connectivity index (χ4v) is 7.29. The summed E-state index contributed by atoms with van der Waals surface area (Å²) in [6.45, 7) is 0.919. The highest BCUT2D eigenvalue weighted by atomic mass is 16.7. The standard InChI is InChI=1S/C27H46O15/c1-9-19(32)21(34)23(36)26(38-9)41-17-7-12-15(39-25(17)10-2-3-13(30)14(31)4-10)5-11(29)6-16(12)40-27-24(37)22(35)20(33)18(8-28)42-27/h9-37H,2-8H2,1H3/p+1. The van der Waals surface area contributed by atoms with Crippen molar-refractivity contribution < 1.29 is 74.7 Å². The van der Waals surface area contributed by atoms with Gasteiger partial charge in [0, 0.05) is 18.8 Å². The van der Waals surface area contributed by atoms with Crippen LogP contribution < -0.4 is 0 Å². The minimum absolute atomic E-state index is 0.141. The fraction of sp³-hybridized carbons (Fsp3) is 1.00. The van der Waals surface area contributed by atoms with Crippen molar-refractivity contribution in [2.24, 2.45) is 11.8 Å². The lowest BCUT2D eigenvalue weighted by molar-refractivity contribution is -0.365. The van der Waals surface area contributed by atoms with Crippen LogP contribution in [0.15, 0.2) is 0 Å². The van der Waals surface area contributed by atoms with E-state index < -0.39 is 117 Å². The van der Waals surface area contributed by atoms with E-state index in [2.05, 4.69) is 0 Å². The highest BCUT2D eigenvalue weighted by Gasteiger charge is 2.56. The molecule has 3 heterocycles. The van der Waals surface area contributed by atoms with E-state index in [4.69, 9.17) is 23.7 Å². The number of fused-ring (bicyclic) bond motifs is 1. The summed E-state index contributed by atoms with van der Waals surface area (Å²) in [5, 5.41) is 103. The molecule has 0 bridgehead atoms. The summed E-state index contributed by atoms with van der Waals surface area (Å²) in [5.74, 6) is -0.596. The monoisotopic (exact) mass is 611 g/mol. The molecule has 3 saturated heterocycles. The molecule has 15 heteroatoms. The molecule has 42 heavy (non-hydrogen) atoms. The summed E-state index contributed by atoms with van der Waals surface area (Å²) >= 11 is 0. The number of aliphatic hydroxyl groups is 12. The summed E-state index contributed by atoms with van der Waals surface area (Å²) < 4.78 is 28.7. The molecule has 19 unspecified atom stereocenters. The quantitative estimate of drug-likeness (QED) is 0.127. The lowest BCUT2D eigenvalue weighted by Crippen LogP contribution is -2.63. The third-order valence-corrected chi connectivity index (χ3v) is 9.82. The van der Waals surface area contributed by atoms with Crippen molar-refractivity contribution in [2.75, 3.05) is 6.61 Å². The lowest BCUT2D eigenvalue weighted by Gasteiger charge is -2.50. The van der Waals surface area contributed by atoms with Gasteiger partial charge < -0.3 is 74.7 Å². The molecule has 5 fully saturated rings. The molecule has 0 spiro atoms. The van der Waals surface area contributed by atoms with Crippen molar-refractivity contribution >= 4 is 0 Å². The number of aliphatic hydroxyl groups excluding tert-OH is 10. The maximum absolute atomic E-state index is 10.7. The normalized spacial score (nSPS) is 55.6. The van der Waals surface area contributed by atoms with Gasteiger partial charge in [-0.15, -0.1) is 0 Å². The zero-order valence-corrected chi connectivity index (χ0v) is 23.5. The molecule has 11 N–H and O–H groups in total. The van der Waals surface area contributed by atoms with Gasteiger partial charge in [0.05, 0.1) is 43.0 Å². The average Bonchev–Trinajstić information content (AvgIpc) is 2.96. The van der Waals surface area contributed by atoms with Crippen LogP contribution in [-0.4, -0.2) is 167 Å². The average molecular weight is 612 g/mol. The van der Waals surface area contributed by atoms with Crippen molar-refractivity contribution in [1.29, 1.82) is 0 Å². The molecule has 5 aliphatic rings. The summed E-state index contributed by atoms with van der Waals surface area (Å²) in [6.07, 6.45) is -17.1. The second kappa shape index (κ2) is 13.4. The van der Waals surface area contributed by atoms with E-state index >= 15 is 0 Å². The molecule has 19 atom stereocenters. The zero-order valence-electron chi connectivity index (χ0n) is 23.5. The fourth-order valence-electron chi connectivity index (χ4n) is 7.29. The van der Waals surface area contributed by atoms with Crippen LogP contribution in [0.3, 0.4) is 0 Å². The summed E-state index contributed by atoms with van der Waals surface area (Å²) in [6, 6.07) is 0. The summed E-state index contributed by atoms with van der Waals surface area (Å²) in [7, 11) is 0. The molecule has 2 saturated carbocycles. The van der Waals surface area contributed by atoms with Crippen LogP contribution in [0.1, 0.15) is 45.4 Å². The van der Waals surface area contributed by atoms with Gasteiger partial charge in [-0.2, -0.15) is 0 Å². The molecular formula is C27H47O15+. The minimum atomic E-state index is -1.64. The maximum atomic E-state index is 10.7. The Bertz CT molecular complexity index is 880. The smallest absolute Gasteiger partial charge is 0.187 e. The first-order valence-electron chi connectivity index (χ1n) is 14.9. The predicted octanol–water partition coefficient (Wildman–Crippen LogP) is -4.65. The molecule has 5 rings (SSSR count). The maximum Gasteiger partial charge on any atom is 0.187 e. The second-order valence-corrected chi connectivity index (χ2v) is 12.7. The van der Waals surface area contributed by atoms with Crippen LogP contribution in [0.4, 0.5) is 0 Å². The first-order chi connectivity index (χ1) is 19.9. The molecule has 0 radical (unpaired) electrons. The van der Waals surface area contributed by atoms with Gasteiger partial charge in [-0.05, 0) is 32.6 Å².